The molecule has 2 N–H and O–H groups in total. The van der Waals surface area contributed by atoms with Crippen LogP contribution in [0.4, 0.5) is 0 Å². The Morgan fingerprint density at radius 1 is 1.17 bits per heavy atom. The van der Waals surface area contributed by atoms with Crippen LogP contribution in [-0.2, 0) is 17.8 Å². The average molecular weight is 320 g/mol. The lowest BCUT2D eigenvalue weighted by Gasteiger charge is -2.12. The zero-order valence-corrected chi connectivity index (χ0v) is 15.1. The summed E-state index contributed by atoms with van der Waals surface area (Å²) in [4.78, 5) is 6.83. The summed E-state index contributed by atoms with van der Waals surface area (Å²) < 4.78 is 5.35. The molecule has 0 heterocycles. The minimum absolute atomic E-state index is 0.683. The third-order valence-electron chi connectivity index (χ3n) is 3.22. The molecule has 1 rings (SSSR count). The van der Waals surface area contributed by atoms with Crippen LogP contribution in [0.3, 0.4) is 0 Å². The van der Waals surface area contributed by atoms with Crippen LogP contribution >= 0.6 is 0 Å². The van der Waals surface area contributed by atoms with Crippen molar-refractivity contribution in [3.8, 4) is 0 Å². The van der Waals surface area contributed by atoms with Gasteiger partial charge in [-0.25, -0.2) is 4.99 Å². The number of rotatable bonds is 10. The van der Waals surface area contributed by atoms with E-state index in [0.717, 1.165) is 45.2 Å². The van der Waals surface area contributed by atoms with Crippen molar-refractivity contribution in [1.29, 1.82) is 0 Å². The number of hydrogen-bond acceptors (Lipinski definition) is 3. The number of aliphatic imine (C=N–C) groups is 1. The van der Waals surface area contributed by atoms with Crippen molar-refractivity contribution < 1.29 is 4.74 Å². The molecule has 5 nitrogen and oxygen atoms in total. The Morgan fingerprint density at radius 2 is 1.96 bits per heavy atom. The Hall–Kier alpha value is -1.59. The summed E-state index contributed by atoms with van der Waals surface area (Å²) in [5.41, 5.74) is 2.55. The Balaban J connectivity index is 2.52. The molecule has 130 valence electrons. The van der Waals surface area contributed by atoms with E-state index in [1.54, 1.807) is 0 Å². The van der Waals surface area contributed by atoms with Crippen LogP contribution in [0.15, 0.2) is 29.3 Å². The zero-order valence-electron chi connectivity index (χ0n) is 15.1. The highest BCUT2D eigenvalue weighted by Crippen LogP contribution is 2.08. The number of nitrogens with zero attached hydrogens (tertiary/aromatic N) is 2. The van der Waals surface area contributed by atoms with Gasteiger partial charge in [-0.3, -0.25) is 0 Å². The van der Waals surface area contributed by atoms with Crippen LogP contribution in [0.25, 0.3) is 0 Å². The summed E-state index contributed by atoms with van der Waals surface area (Å²) >= 11 is 0. The predicted molar refractivity (Wildman–Crippen MR) is 97.8 cm³/mol. The SMILES string of the molecule is CCNC(=NCc1cccc(CN(C)C)c1)NCCCOCC. The van der Waals surface area contributed by atoms with Gasteiger partial charge in [0.05, 0.1) is 6.54 Å². The number of nitrogens with one attached hydrogen (secondary N) is 2. The van der Waals surface area contributed by atoms with Gasteiger partial charge in [-0.05, 0) is 45.5 Å². The first-order valence-electron chi connectivity index (χ1n) is 8.48. The normalized spacial score (nSPS) is 11.8. The maximum atomic E-state index is 5.35. The number of ether oxygens (including phenoxy) is 1. The molecule has 0 bridgehead atoms. The van der Waals surface area contributed by atoms with Crippen LogP contribution in [0.5, 0.6) is 0 Å². The standard InChI is InChI=1S/C18H32N4O/c1-5-19-18(20-11-8-12-23-6-2)21-14-16-9-7-10-17(13-16)15-22(3)4/h7,9-10,13H,5-6,8,11-12,14-15H2,1-4H3,(H2,19,20,21). The summed E-state index contributed by atoms with van der Waals surface area (Å²) in [6, 6.07) is 8.61. The first kappa shape index (κ1) is 19.5. The summed E-state index contributed by atoms with van der Waals surface area (Å²) in [5.74, 6) is 0.863. The fourth-order valence-corrected chi connectivity index (χ4v) is 2.23. The van der Waals surface area contributed by atoms with Gasteiger partial charge in [-0.15, -0.1) is 0 Å². The molecule has 0 fully saturated rings. The van der Waals surface area contributed by atoms with Gasteiger partial charge in [0.15, 0.2) is 5.96 Å². The van der Waals surface area contributed by atoms with E-state index in [-0.39, 0.29) is 0 Å². The van der Waals surface area contributed by atoms with Crippen molar-refractivity contribution >= 4 is 5.96 Å². The van der Waals surface area contributed by atoms with Crippen molar-refractivity contribution in [2.24, 2.45) is 4.99 Å². The molecule has 0 aliphatic rings. The molecule has 0 saturated heterocycles. The molecular weight excluding hydrogens is 288 g/mol. The van der Waals surface area contributed by atoms with E-state index in [2.05, 4.69) is 65.8 Å². The van der Waals surface area contributed by atoms with Gasteiger partial charge in [0, 0.05) is 32.8 Å². The highest BCUT2D eigenvalue weighted by molar-refractivity contribution is 5.79. The monoisotopic (exact) mass is 320 g/mol. The minimum atomic E-state index is 0.683. The Labute approximate surface area is 141 Å². The van der Waals surface area contributed by atoms with E-state index in [9.17, 15) is 0 Å². The molecule has 0 aromatic heterocycles. The van der Waals surface area contributed by atoms with Crippen molar-refractivity contribution in [2.75, 3.05) is 40.4 Å². The molecule has 0 aliphatic heterocycles. The maximum absolute atomic E-state index is 5.35. The molecule has 0 spiro atoms. The van der Waals surface area contributed by atoms with Gasteiger partial charge in [-0.1, -0.05) is 24.3 Å². The highest BCUT2D eigenvalue weighted by Gasteiger charge is 2.00. The number of hydrogen-bond donors (Lipinski definition) is 2. The van der Waals surface area contributed by atoms with E-state index >= 15 is 0 Å². The summed E-state index contributed by atoms with van der Waals surface area (Å²) in [6.45, 7) is 9.02. The Bertz CT molecular complexity index is 460. The smallest absolute Gasteiger partial charge is 0.191 e. The van der Waals surface area contributed by atoms with Crippen molar-refractivity contribution in [3.05, 3.63) is 35.4 Å². The Morgan fingerprint density at radius 3 is 2.65 bits per heavy atom. The Kier molecular flexibility index (Phi) is 10.1. The molecule has 1 aromatic rings. The quantitative estimate of drug-likeness (QED) is 0.394. The molecule has 0 saturated carbocycles. The second-order valence-corrected chi connectivity index (χ2v) is 5.73. The van der Waals surface area contributed by atoms with Crippen LogP contribution < -0.4 is 10.6 Å². The molecule has 0 atom stereocenters. The van der Waals surface area contributed by atoms with Crippen LogP contribution in [0.2, 0.25) is 0 Å². The summed E-state index contributed by atoms with van der Waals surface area (Å²) in [6.07, 6.45) is 0.983. The molecule has 0 aliphatic carbocycles. The fraction of sp³-hybridized carbons (Fsp3) is 0.611. The van der Waals surface area contributed by atoms with E-state index in [1.165, 1.54) is 11.1 Å². The van der Waals surface area contributed by atoms with Crippen LogP contribution in [0, 0.1) is 0 Å². The van der Waals surface area contributed by atoms with Gasteiger partial charge in [0.1, 0.15) is 0 Å². The molecule has 1 aromatic carbocycles. The molecule has 0 radical (unpaired) electrons. The molecule has 5 heteroatoms. The lowest BCUT2D eigenvalue weighted by Crippen LogP contribution is -2.38. The van der Waals surface area contributed by atoms with Crippen molar-refractivity contribution in [1.82, 2.24) is 15.5 Å². The van der Waals surface area contributed by atoms with Gasteiger partial charge >= 0.3 is 0 Å². The third kappa shape index (κ3) is 9.21. The lowest BCUT2D eigenvalue weighted by atomic mass is 10.1. The van der Waals surface area contributed by atoms with E-state index in [1.807, 2.05) is 6.92 Å². The van der Waals surface area contributed by atoms with E-state index < -0.39 is 0 Å². The van der Waals surface area contributed by atoms with Gasteiger partial charge in [-0.2, -0.15) is 0 Å². The average Bonchev–Trinajstić information content (AvgIpc) is 2.52. The topological polar surface area (TPSA) is 48.9 Å². The lowest BCUT2D eigenvalue weighted by molar-refractivity contribution is 0.145. The maximum Gasteiger partial charge on any atom is 0.191 e. The third-order valence-corrected chi connectivity index (χ3v) is 3.22. The zero-order chi connectivity index (χ0) is 16.9. The first-order valence-corrected chi connectivity index (χ1v) is 8.48. The number of guanidine groups is 1. The highest BCUT2D eigenvalue weighted by atomic mass is 16.5. The minimum Gasteiger partial charge on any atom is -0.382 e. The second kappa shape index (κ2) is 11.9. The fourth-order valence-electron chi connectivity index (χ4n) is 2.23. The summed E-state index contributed by atoms with van der Waals surface area (Å²) in [5, 5.41) is 6.63. The second-order valence-electron chi connectivity index (χ2n) is 5.73. The predicted octanol–water partition coefficient (Wildman–Crippen LogP) is 2.23. The van der Waals surface area contributed by atoms with Gasteiger partial charge < -0.3 is 20.3 Å². The molecule has 0 amide bonds. The van der Waals surface area contributed by atoms with Gasteiger partial charge in [0.2, 0.25) is 0 Å². The van der Waals surface area contributed by atoms with E-state index in [0.29, 0.717) is 6.54 Å². The van der Waals surface area contributed by atoms with Crippen LogP contribution in [-0.4, -0.2) is 51.3 Å². The largest absolute Gasteiger partial charge is 0.382 e. The van der Waals surface area contributed by atoms with Crippen molar-refractivity contribution in [3.63, 3.8) is 0 Å². The first-order chi connectivity index (χ1) is 11.2. The summed E-state index contributed by atoms with van der Waals surface area (Å²) in [7, 11) is 4.17. The van der Waals surface area contributed by atoms with Crippen LogP contribution in [0.1, 0.15) is 31.4 Å². The number of benzene rings is 1. The van der Waals surface area contributed by atoms with Crippen molar-refractivity contribution in [2.45, 2.75) is 33.4 Å². The van der Waals surface area contributed by atoms with E-state index in [4.69, 9.17) is 4.74 Å². The molecule has 23 heavy (non-hydrogen) atoms. The molecular formula is C18H32N4O. The van der Waals surface area contributed by atoms with Gasteiger partial charge in [0.25, 0.3) is 0 Å². The molecule has 0 unspecified atom stereocenters.